The molecule has 0 fully saturated rings. The van der Waals surface area contributed by atoms with Crippen molar-refractivity contribution in [3.05, 3.63) is 35.5 Å². The molecule has 128 valence electrons. The van der Waals surface area contributed by atoms with Gasteiger partial charge in [-0.15, -0.1) is 0 Å². The molecule has 0 spiro atoms. The van der Waals surface area contributed by atoms with Crippen molar-refractivity contribution in [1.82, 2.24) is 9.97 Å². The van der Waals surface area contributed by atoms with Gasteiger partial charge in [0.2, 0.25) is 5.95 Å². The predicted molar refractivity (Wildman–Crippen MR) is 79.8 cm³/mol. The number of anilines is 3. The molecular weight excluding hydrogens is 329 g/mol. The summed E-state index contributed by atoms with van der Waals surface area (Å²) in [5.41, 5.74) is -0.685. The minimum absolute atomic E-state index is 0.00153. The fourth-order valence-electron chi connectivity index (χ4n) is 1.89. The number of benzene rings is 1. The molecule has 0 saturated heterocycles. The van der Waals surface area contributed by atoms with Gasteiger partial charge >= 0.3 is 12.1 Å². The first kappa shape index (κ1) is 17.3. The SMILES string of the molecule is CNc1nc(Nc2ccc(C(=O)O)cc2OC)ncc1C(F)(F)F. The zero-order valence-corrected chi connectivity index (χ0v) is 12.6. The molecule has 1 heterocycles. The van der Waals surface area contributed by atoms with Gasteiger partial charge in [0, 0.05) is 13.2 Å². The number of rotatable bonds is 5. The first-order valence-electron chi connectivity index (χ1n) is 6.56. The van der Waals surface area contributed by atoms with Crippen LogP contribution in [0.5, 0.6) is 5.75 Å². The van der Waals surface area contributed by atoms with Crippen LogP contribution in [0.15, 0.2) is 24.4 Å². The maximum Gasteiger partial charge on any atom is 0.421 e. The molecule has 0 aliphatic heterocycles. The Morgan fingerprint density at radius 2 is 2.04 bits per heavy atom. The molecule has 0 saturated carbocycles. The molecule has 10 heteroatoms. The van der Waals surface area contributed by atoms with Gasteiger partial charge in [0.1, 0.15) is 17.1 Å². The van der Waals surface area contributed by atoms with E-state index in [1.54, 1.807) is 0 Å². The molecule has 1 aromatic carbocycles. The van der Waals surface area contributed by atoms with Crippen LogP contribution in [0, 0.1) is 0 Å². The number of nitrogens with one attached hydrogen (secondary N) is 2. The number of carboxylic acids is 1. The first-order chi connectivity index (χ1) is 11.3. The second kappa shape index (κ2) is 6.60. The number of carbonyl (C=O) groups is 1. The van der Waals surface area contributed by atoms with Crippen molar-refractivity contribution in [2.75, 3.05) is 24.8 Å². The Balaban J connectivity index is 2.36. The molecule has 0 bridgehead atoms. The van der Waals surface area contributed by atoms with Crippen molar-refractivity contribution < 1.29 is 27.8 Å². The molecule has 3 N–H and O–H groups in total. The van der Waals surface area contributed by atoms with Gasteiger partial charge in [-0.25, -0.2) is 9.78 Å². The Kier molecular flexibility index (Phi) is 4.77. The van der Waals surface area contributed by atoms with Crippen molar-refractivity contribution in [2.45, 2.75) is 6.18 Å². The van der Waals surface area contributed by atoms with Gasteiger partial charge < -0.3 is 20.5 Å². The van der Waals surface area contributed by atoms with E-state index in [-0.39, 0.29) is 23.1 Å². The predicted octanol–water partition coefficient (Wildman–Crippen LogP) is 2.99. The van der Waals surface area contributed by atoms with Crippen molar-refractivity contribution in [2.24, 2.45) is 0 Å². The molecule has 0 aliphatic carbocycles. The summed E-state index contributed by atoms with van der Waals surface area (Å²) >= 11 is 0. The maximum atomic E-state index is 12.8. The van der Waals surface area contributed by atoms with Gasteiger partial charge in [0.05, 0.1) is 18.4 Å². The molecule has 2 aromatic rings. The fraction of sp³-hybridized carbons (Fsp3) is 0.214. The summed E-state index contributed by atoms with van der Waals surface area (Å²) in [4.78, 5) is 18.3. The van der Waals surface area contributed by atoms with Gasteiger partial charge in [-0.05, 0) is 18.2 Å². The van der Waals surface area contributed by atoms with Gasteiger partial charge in [-0.1, -0.05) is 0 Å². The highest BCUT2D eigenvalue weighted by molar-refractivity contribution is 5.89. The highest BCUT2D eigenvalue weighted by Gasteiger charge is 2.35. The molecule has 0 radical (unpaired) electrons. The summed E-state index contributed by atoms with van der Waals surface area (Å²) in [7, 11) is 2.64. The number of ether oxygens (including phenoxy) is 1. The van der Waals surface area contributed by atoms with E-state index in [4.69, 9.17) is 9.84 Å². The topological polar surface area (TPSA) is 96.4 Å². The van der Waals surface area contributed by atoms with Gasteiger partial charge in [-0.2, -0.15) is 18.2 Å². The van der Waals surface area contributed by atoms with E-state index < -0.39 is 17.7 Å². The average Bonchev–Trinajstić information content (AvgIpc) is 2.53. The molecule has 0 amide bonds. The molecule has 7 nitrogen and oxygen atoms in total. The molecule has 0 atom stereocenters. The van der Waals surface area contributed by atoms with E-state index in [9.17, 15) is 18.0 Å². The second-order valence-corrected chi connectivity index (χ2v) is 4.55. The minimum atomic E-state index is -4.59. The number of carboxylic acid groups (broad SMARTS) is 1. The number of halogens is 3. The average molecular weight is 342 g/mol. The summed E-state index contributed by atoms with van der Waals surface area (Å²) in [5, 5.41) is 14.0. The number of hydrogen-bond acceptors (Lipinski definition) is 6. The van der Waals surface area contributed by atoms with E-state index in [1.807, 2.05) is 0 Å². The van der Waals surface area contributed by atoms with E-state index in [0.29, 0.717) is 11.9 Å². The van der Waals surface area contributed by atoms with E-state index >= 15 is 0 Å². The van der Waals surface area contributed by atoms with Crippen LogP contribution in [0.3, 0.4) is 0 Å². The summed E-state index contributed by atoms with van der Waals surface area (Å²) < 4.78 is 43.5. The largest absolute Gasteiger partial charge is 0.495 e. The smallest absolute Gasteiger partial charge is 0.421 e. The Hall–Kier alpha value is -3.04. The van der Waals surface area contributed by atoms with Crippen molar-refractivity contribution >= 4 is 23.4 Å². The summed E-state index contributed by atoms with van der Waals surface area (Å²) in [6.07, 6.45) is -3.93. The highest BCUT2D eigenvalue weighted by atomic mass is 19.4. The Morgan fingerprint density at radius 1 is 1.33 bits per heavy atom. The lowest BCUT2D eigenvalue weighted by Crippen LogP contribution is -2.12. The van der Waals surface area contributed by atoms with Crippen LogP contribution < -0.4 is 15.4 Å². The summed E-state index contributed by atoms with van der Waals surface area (Å²) in [6, 6.07) is 3.99. The zero-order chi connectivity index (χ0) is 17.9. The number of nitrogens with zero attached hydrogens (tertiary/aromatic N) is 2. The van der Waals surface area contributed by atoms with Gasteiger partial charge in [0.25, 0.3) is 0 Å². The number of aromatic carboxylic acids is 1. The van der Waals surface area contributed by atoms with Crippen molar-refractivity contribution in [3.63, 3.8) is 0 Å². The molecular formula is C14H13F3N4O3. The second-order valence-electron chi connectivity index (χ2n) is 4.55. The minimum Gasteiger partial charge on any atom is -0.495 e. The number of hydrogen-bond donors (Lipinski definition) is 3. The molecule has 1 aromatic heterocycles. The van der Waals surface area contributed by atoms with Gasteiger partial charge in [-0.3, -0.25) is 0 Å². The van der Waals surface area contributed by atoms with Crippen molar-refractivity contribution in [1.29, 1.82) is 0 Å². The third-order valence-corrected chi connectivity index (χ3v) is 3.03. The molecule has 24 heavy (non-hydrogen) atoms. The van der Waals surface area contributed by atoms with Crippen LogP contribution in [-0.4, -0.2) is 35.2 Å². The number of aromatic nitrogens is 2. The Labute approximate surface area is 134 Å². The maximum absolute atomic E-state index is 12.8. The lowest BCUT2D eigenvalue weighted by Gasteiger charge is -2.14. The molecule has 0 aliphatic rings. The van der Waals surface area contributed by atoms with Crippen LogP contribution in [0.1, 0.15) is 15.9 Å². The normalized spacial score (nSPS) is 11.0. The van der Waals surface area contributed by atoms with Crippen LogP contribution in [0.4, 0.5) is 30.6 Å². The third-order valence-electron chi connectivity index (χ3n) is 3.03. The first-order valence-corrected chi connectivity index (χ1v) is 6.56. The molecule has 0 unspecified atom stereocenters. The fourth-order valence-corrected chi connectivity index (χ4v) is 1.89. The number of methoxy groups -OCH3 is 1. The Bertz CT molecular complexity index is 765. The monoisotopic (exact) mass is 342 g/mol. The van der Waals surface area contributed by atoms with E-state index in [2.05, 4.69) is 20.6 Å². The zero-order valence-electron chi connectivity index (χ0n) is 12.6. The number of alkyl halides is 3. The lowest BCUT2D eigenvalue weighted by molar-refractivity contribution is -0.137. The third kappa shape index (κ3) is 3.65. The van der Waals surface area contributed by atoms with E-state index in [0.717, 1.165) is 0 Å². The van der Waals surface area contributed by atoms with Crippen LogP contribution in [0.25, 0.3) is 0 Å². The van der Waals surface area contributed by atoms with Crippen LogP contribution >= 0.6 is 0 Å². The Morgan fingerprint density at radius 3 is 2.58 bits per heavy atom. The van der Waals surface area contributed by atoms with Crippen LogP contribution in [0.2, 0.25) is 0 Å². The highest BCUT2D eigenvalue weighted by Crippen LogP contribution is 2.34. The van der Waals surface area contributed by atoms with Gasteiger partial charge in [0.15, 0.2) is 0 Å². The van der Waals surface area contributed by atoms with E-state index in [1.165, 1.54) is 32.4 Å². The molecule has 2 rings (SSSR count). The van der Waals surface area contributed by atoms with Crippen LogP contribution in [-0.2, 0) is 6.18 Å². The summed E-state index contributed by atoms with van der Waals surface area (Å²) in [6.45, 7) is 0. The van der Waals surface area contributed by atoms with Crippen molar-refractivity contribution in [3.8, 4) is 5.75 Å². The quantitative estimate of drug-likeness (QED) is 0.768. The lowest BCUT2D eigenvalue weighted by atomic mass is 10.2. The standard InChI is InChI=1S/C14H13F3N4O3/c1-18-11-8(14(15,16)17)6-19-13(21-11)20-9-4-3-7(12(22)23)5-10(9)24-2/h3-6H,1-2H3,(H,22,23)(H2,18,19,20,21). The summed E-state index contributed by atoms with van der Waals surface area (Å²) in [5.74, 6) is -1.44.